The number of aromatic amines is 1. The molecule has 0 aliphatic heterocycles. The molecule has 0 bridgehead atoms. The smallest absolute Gasteiger partial charge is 0.275 e. The maximum Gasteiger partial charge on any atom is 0.275 e. The van der Waals surface area contributed by atoms with Crippen LogP contribution in [0, 0.1) is 13.8 Å². The lowest BCUT2D eigenvalue weighted by Gasteiger charge is -2.07. The van der Waals surface area contributed by atoms with Crippen LogP contribution in [-0.2, 0) is 0 Å². The van der Waals surface area contributed by atoms with Gasteiger partial charge in [-0.05, 0) is 43.5 Å². The zero-order valence-electron chi connectivity index (χ0n) is 14.7. The molecular weight excluding hydrogens is 370 g/mol. The van der Waals surface area contributed by atoms with Gasteiger partial charge in [0.05, 0.1) is 5.69 Å². The number of thioether (sulfide) groups is 1. The molecule has 3 N–H and O–H groups in total. The molecule has 2 heterocycles. The van der Waals surface area contributed by atoms with Crippen LogP contribution in [-0.4, -0.2) is 37.2 Å². The van der Waals surface area contributed by atoms with Crippen molar-refractivity contribution in [1.29, 1.82) is 0 Å². The Bertz CT molecular complexity index is 935. The lowest BCUT2D eigenvalue weighted by atomic mass is 10.0. The molecule has 2 aromatic heterocycles. The largest absolute Gasteiger partial charge is 0.507 e. The van der Waals surface area contributed by atoms with E-state index in [4.69, 9.17) is 0 Å². The fourth-order valence-corrected chi connectivity index (χ4v) is 3.93. The van der Waals surface area contributed by atoms with Crippen molar-refractivity contribution in [1.82, 2.24) is 20.4 Å². The molecule has 3 aromatic rings. The highest BCUT2D eigenvalue weighted by atomic mass is 32.2. The molecular formula is C17H19N5O2S2. The van der Waals surface area contributed by atoms with Gasteiger partial charge < -0.3 is 5.11 Å². The van der Waals surface area contributed by atoms with E-state index >= 15 is 0 Å². The highest BCUT2D eigenvalue weighted by molar-refractivity contribution is 8.01. The number of anilines is 1. The first-order valence-corrected chi connectivity index (χ1v) is 9.92. The summed E-state index contributed by atoms with van der Waals surface area (Å²) in [6.07, 6.45) is 1.05. The molecule has 26 heavy (non-hydrogen) atoms. The van der Waals surface area contributed by atoms with E-state index in [1.165, 1.54) is 11.3 Å². The molecule has 0 radical (unpaired) electrons. The van der Waals surface area contributed by atoms with E-state index in [0.717, 1.165) is 27.6 Å². The first-order chi connectivity index (χ1) is 12.5. The Morgan fingerprint density at radius 2 is 2.15 bits per heavy atom. The highest BCUT2D eigenvalue weighted by Crippen LogP contribution is 2.33. The van der Waals surface area contributed by atoms with Gasteiger partial charge in [-0.15, -0.1) is 10.2 Å². The molecule has 0 unspecified atom stereocenters. The molecule has 0 aliphatic carbocycles. The first kappa shape index (κ1) is 18.4. The van der Waals surface area contributed by atoms with E-state index in [1.807, 2.05) is 19.9 Å². The summed E-state index contributed by atoms with van der Waals surface area (Å²) in [4.78, 5) is 12.4. The Morgan fingerprint density at radius 1 is 1.35 bits per heavy atom. The SMILES string of the molecule is CCCSc1nnc(NC(=O)c2cc(-c3ccc(C)c(C)c3O)n[nH]2)s1. The Hall–Kier alpha value is -2.39. The summed E-state index contributed by atoms with van der Waals surface area (Å²) < 4.78 is 0.826. The van der Waals surface area contributed by atoms with Crippen molar-refractivity contribution in [3.05, 3.63) is 35.0 Å². The summed E-state index contributed by atoms with van der Waals surface area (Å²) in [5, 5.41) is 28.3. The summed E-state index contributed by atoms with van der Waals surface area (Å²) in [6.45, 7) is 5.87. The van der Waals surface area contributed by atoms with Crippen molar-refractivity contribution < 1.29 is 9.90 Å². The second kappa shape index (κ2) is 7.88. The van der Waals surface area contributed by atoms with Crippen molar-refractivity contribution in [2.75, 3.05) is 11.1 Å². The van der Waals surface area contributed by atoms with Crippen molar-refractivity contribution in [3.63, 3.8) is 0 Å². The lowest BCUT2D eigenvalue weighted by Crippen LogP contribution is -2.12. The Kier molecular flexibility index (Phi) is 5.58. The number of H-pyrrole nitrogens is 1. The van der Waals surface area contributed by atoms with Gasteiger partial charge in [-0.1, -0.05) is 36.1 Å². The predicted molar refractivity (Wildman–Crippen MR) is 104 cm³/mol. The molecule has 0 aliphatic rings. The van der Waals surface area contributed by atoms with Crippen molar-refractivity contribution in [2.24, 2.45) is 0 Å². The van der Waals surface area contributed by atoms with Gasteiger partial charge >= 0.3 is 0 Å². The fraction of sp³-hybridized carbons (Fsp3) is 0.294. The molecule has 3 rings (SSSR count). The monoisotopic (exact) mass is 389 g/mol. The third-order valence-corrected chi connectivity index (χ3v) is 6.03. The van der Waals surface area contributed by atoms with Gasteiger partial charge in [-0.2, -0.15) is 5.10 Å². The van der Waals surface area contributed by atoms with E-state index in [1.54, 1.807) is 23.9 Å². The van der Waals surface area contributed by atoms with Crippen LogP contribution < -0.4 is 5.32 Å². The van der Waals surface area contributed by atoms with Crippen LogP contribution in [0.2, 0.25) is 0 Å². The summed E-state index contributed by atoms with van der Waals surface area (Å²) in [5.74, 6) is 0.784. The van der Waals surface area contributed by atoms with Gasteiger partial charge in [-0.25, -0.2) is 0 Å². The van der Waals surface area contributed by atoms with Crippen molar-refractivity contribution >= 4 is 34.1 Å². The zero-order chi connectivity index (χ0) is 18.7. The number of hydrogen-bond acceptors (Lipinski definition) is 7. The van der Waals surface area contributed by atoms with E-state index in [2.05, 4.69) is 32.6 Å². The highest BCUT2D eigenvalue weighted by Gasteiger charge is 2.16. The second-order valence-corrected chi connectivity index (χ2v) is 8.07. The molecule has 1 aromatic carbocycles. The molecule has 0 atom stereocenters. The van der Waals surface area contributed by atoms with Gasteiger partial charge in [0.1, 0.15) is 11.4 Å². The molecule has 7 nitrogen and oxygen atoms in total. The standard InChI is InChI=1S/C17H19N5O2S2/c1-4-7-25-17-22-21-16(26-17)18-15(24)13-8-12(19-20-13)11-6-5-9(2)10(3)14(11)23/h5-6,8,23H,4,7H2,1-3H3,(H,19,20)(H,18,21,24). The Morgan fingerprint density at radius 3 is 2.92 bits per heavy atom. The molecule has 1 amide bonds. The minimum absolute atomic E-state index is 0.171. The molecule has 0 saturated carbocycles. The first-order valence-electron chi connectivity index (χ1n) is 8.12. The number of carbonyl (C=O) groups is 1. The number of benzene rings is 1. The summed E-state index contributed by atoms with van der Waals surface area (Å²) in [6, 6.07) is 5.31. The predicted octanol–water partition coefficient (Wildman–Crippen LogP) is 4.01. The maximum atomic E-state index is 12.4. The number of rotatable bonds is 6. The second-order valence-electron chi connectivity index (χ2n) is 5.75. The summed E-state index contributed by atoms with van der Waals surface area (Å²) >= 11 is 2.95. The van der Waals surface area contributed by atoms with Crippen LogP contribution in [0.3, 0.4) is 0 Å². The molecule has 0 fully saturated rings. The van der Waals surface area contributed by atoms with Gasteiger partial charge in [0.15, 0.2) is 4.34 Å². The Labute approximate surface area is 159 Å². The number of amides is 1. The van der Waals surface area contributed by atoms with E-state index in [0.29, 0.717) is 16.4 Å². The van der Waals surface area contributed by atoms with Crippen LogP contribution in [0.15, 0.2) is 22.5 Å². The zero-order valence-corrected chi connectivity index (χ0v) is 16.3. The Balaban J connectivity index is 1.74. The average Bonchev–Trinajstić information content (AvgIpc) is 3.27. The van der Waals surface area contributed by atoms with Crippen LogP contribution >= 0.6 is 23.1 Å². The number of phenols is 1. The number of aromatic nitrogens is 4. The third kappa shape index (κ3) is 3.88. The number of carbonyl (C=O) groups excluding carboxylic acids is 1. The number of nitrogens with one attached hydrogen (secondary N) is 2. The lowest BCUT2D eigenvalue weighted by molar-refractivity contribution is 0.102. The minimum Gasteiger partial charge on any atom is -0.507 e. The number of nitrogens with zero attached hydrogens (tertiary/aromatic N) is 3. The fourth-order valence-electron chi connectivity index (χ4n) is 2.26. The van der Waals surface area contributed by atoms with Crippen LogP contribution in [0.4, 0.5) is 5.13 Å². The average molecular weight is 390 g/mol. The topological polar surface area (TPSA) is 104 Å². The van der Waals surface area contributed by atoms with Gasteiger partial charge in [-0.3, -0.25) is 15.2 Å². The van der Waals surface area contributed by atoms with Gasteiger partial charge in [0.2, 0.25) is 5.13 Å². The summed E-state index contributed by atoms with van der Waals surface area (Å²) in [5.41, 5.74) is 3.16. The van der Waals surface area contributed by atoms with Crippen LogP contribution in [0.25, 0.3) is 11.3 Å². The molecule has 136 valence electrons. The number of hydrogen-bond donors (Lipinski definition) is 3. The van der Waals surface area contributed by atoms with Crippen LogP contribution in [0.1, 0.15) is 35.0 Å². The van der Waals surface area contributed by atoms with E-state index < -0.39 is 0 Å². The number of phenolic OH excluding ortho intramolecular Hbond substituents is 1. The minimum atomic E-state index is -0.352. The number of aryl methyl sites for hydroxylation is 1. The van der Waals surface area contributed by atoms with E-state index in [-0.39, 0.29) is 17.4 Å². The maximum absolute atomic E-state index is 12.4. The summed E-state index contributed by atoms with van der Waals surface area (Å²) in [7, 11) is 0. The quantitative estimate of drug-likeness (QED) is 0.435. The third-order valence-electron chi connectivity index (χ3n) is 3.86. The van der Waals surface area contributed by atoms with E-state index in [9.17, 15) is 9.90 Å². The van der Waals surface area contributed by atoms with Gasteiger partial charge in [0.25, 0.3) is 5.91 Å². The molecule has 0 saturated heterocycles. The van der Waals surface area contributed by atoms with Gasteiger partial charge in [0, 0.05) is 11.3 Å². The molecule has 9 heteroatoms. The normalized spacial score (nSPS) is 10.9. The number of aromatic hydroxyl groups is 1. The van der Waals surface area contributed by atoms with Crippen LogP contribution in [0.5, 0.6) is 5.75 Å². The van der Waals surface area contributed by atoms with Crippen molar-refractivity contribution in [3.8, 4) is 17.0 Å². The van der Waals surface area contributed by atoms with Crippen molar-refractivity contribution in [2.45, 2.75) is 31.5 Å². The molecule has 0 spiro atoms.